The van der Waals surface area contributed by atoms with Gasteiger partial charge in [0.2, 0.25) is 0 Å². The van der Waals surface area contributed by atoms with Crippen LogP contribution in [0, 0.1) is 0 Å². The van der Waals surface area contributed by atoms with Crippen LogP contribution in [-0.2, 0) is 19.1 Å². The third-order valence-electron chi connectivity index (χ3n) is 12.8. The van der Waals surface area contributed by atoms with Crippen molar-refractivity contribution in [1.82, 2.24) is 0 Å². The summed E-state index contributed by atoms with van der Waals surface area (Å²) in [6.07, 6.45) is 123. The topological polar surface area (TPSA) is 72.8 Å². The summed E-state index contributed by atoms with van der Waals surface area (Å²) < 4.78 is 10.7. The molecule has 0 aromatic rings. The van der Waals surface area contributed by atoms with Gasteiger partial charge in [-0.2, -0.15) is 0 Å². The largest absolute Gasteiger partial charge is 0.462 e. The minimum Gasteiger partial charge on any atom is -0.462 e. The predicted molar refractivity (Wildman–Crippen MR) is 379 cm³/mol. The molecule has 1 N–H and O–H groups in total. The van der Waals surface area contributed by atoms with Gasteiger partial charge in [-0.3, -0.25) is 9.59 Å². The Morgan fingerprint density at radius 3 is 0.698 bits per heavy atom. The van der Waals surface area contributed by atoms with Crippen molar-refractivity contribution >= 4 is 11.9 Å². The van der Waals surface area contributed by atoms with Gasteiger partial charge in [0.05, 0.1) is 6.61 Å². The van der Waals surface area contributed by atoms with Crippen LogP contribution in [0.4, 0.5) is 0 Å². The lowest BCUT2D eigenvalue weighted by Gasteiger charge is -2.15. The summed E-state index contributed by atoms with van der Waals surface area (Å²) in [5, 5.41) is 9.68. The van der Waals surface area contributed by atoms with Gasteiger partial charge in [-0.25, -0.2) is 0 Å². The van der Waals surface area contributed by atoms with Crippen LogP contribution in [-0.4, -0.2) is 36.4 Å². The lowest BCUT2D eigenvalue weighted by Crippen LogP contribution is -2.28. The van der Waals surface area contributed by atoms with Gasteiger partial charge in [-0.15, -0.1) is 0 Å². The van der Waals surface area contributed by atoms with Crippen LogP contribution in [0.25, 0.3) is 0 Å². The number of carbonyl (C=O) groups is 2. The van der Waals surface area contributed by atoms with Crippen LogP contribution in [0.1, 0.15) is 219 Å². The Labute approximate surface area is 527 Å². The summed E-state index contributed by atoms with van der Waals surface area (Å²) in [5.74, 6) is -0.682. The molecule has 0 aromatic carbocycles. The van der Waals surface area contributed by atoms with Crippen LogP contribution in [0.2, 0.25) is 0 Å². The highest BCUT2D eigenvalue weighted by Crippen LogP contribution is 2.11. The highest BCUT2D eigenvalue weighted by Gasteiger charge is 2.16. The summed E-state index contributed by atoms with van der Waals surface area (Å²) in [6.45, 7) is 3.84. The van der Waals surface area contributed by atoms with E-state index in [4.69, 9.17) is 9.47 Å². The van der Waals surface area contributed by atoms with Gasteiger partial charge in [0, 0.05) is 12.8 Å². The average Bonchev–Trinajstić information content (AvgIpc) is 3.54. The van der Waals surface area contributed by atoms with Crippen molar-refractivity contribution in [2.24, 2.45) is 0 Å². The molecule has 5 heteroatoms. The molecule has 0 saturated heterocycles. The molecule has 1 unspecified atom stereocenters. The monoisotopic (exact) mass is 1170 g/mol. The number of allylic oxidation sites excluding steroid dienone is 42. The standard InChI is InChI=1S/C81H118O5/c1-3-5-7-9-11-13-15-17-19-21-23-25-27-29-31-33-35-36-37-38-39-40-41-42-43-44-46-48-50-52-54-56-58-60-62-64-66-68-70-72-74-76-81(84)86-79(77-82)78-85-80(83)75-73-71-69-67-65-63-61-59-57-55-53-51-49-47-45-34-32-30-28-26-24-22-20-18-16-14-12-10-8-6-4-2/h5-8,11-14,17-20,23-26,29-32,35-36,38-39,41-42,44-47,50-53,56-59,62-65,79,82H,3-4,9-10,15-16,21-22,27-28,33-34,37,40,43,48-49,54-55,60-61,66-78H2,1-2H3/b7-5-,8-6-,13-11-,14-12-,19-17-,20-18-,25-23-,26-24-,31-29-,32-30-,36-35-,39-38-,42-41-,46-44-,47-45-,52-50-,53-51-,58-56-,59-57-,64-62-,65-63-. The molecular weight excluding hydrogens is 1050 g/mol. The molecule has 0 saturated carbocycles. The molecule has 0 aliphatic heterocycles. The molecule has 0 heterocycles. The van der Waals surface area contributed by atoms with Gasteiger partial charge in [0.15, 0.2) is 6.10 Å². The van der Waals surface area contributed by atoms with Gasteiger partial charge in [0.25, 0.3) is 0 Å². The summed E-state index contributed by atoms with van der Waals surface area (Å²) in [5.41, 5.74) is 0. The number of rotatable bonds is 57. The second kappa shape index (κ2) is 72.7. The quantitative estimate of drug-likeness (QED) is 0.0373. The second-order valence-corrected chi connectivity index (χ2v) is 20.7. The number of unbranched alkanes of at least 4 members (excludes halogenated alkanes) is 7. The summed E-state index contributed by atoms with van der Waals surface area (Å²) in [6, 6.07) is 0. The SMILES string of the molecule is CC/C=C\C/C=C\C/C=C\C/C=C\C/C=C\C/C=C\C/C=C\C/C=C\C/C=C\C/C=C\C/C=C\C/C=C\CCCCCCC(=O)OC(CO)COC(=O)CCCCC/C=C\C/C=C\C/C=C\C/C=C\C/C=C\C/C=C\C/C=C\C/C=C\C/C=C\CC. The molecule has 0 spiro atoms. The zero-order valence-corrected chi connectivity index (χ0v) is 53.9. The third kappa shape index (κ3) is 69.9. The minimum absolute atomic E-state index is 0.113. The fourth-order valence-corrected chi connectivity index (χ4v) is 7.94. The summed E-state index contributed by atoms with van der Waals surface area (Å²) >= 11 is 0. The molecular formula is C81H118O5. The number of hydrogen-bond acceptors (Lipinski definition) is 5. The van der Waals surface area contributed by atoms with E-state index in [2.05, 4.69) is 269 Å². The van der Waals surface area contributed by atoms with E-state index in [0.29, 0.717) is 12.8 Å². The maximum atomic E-state index is 12.3. The normalized spacial score (nSPS) is 13.9. The second-order valence-electron chi connectivity index (χ2n) is 20.7. The molecule has 86 heavy (non-hydrogen) atoms. The molecule has 0 fully saturated rings. The smallest absolute Gasteiger partial charge is 0.306 e. The first-order valence-electron chi connectivity index (χ1n) is 33.2. The lowest BCUT2D eigenvalue weighted by molar-refractivity contribution is -0.161. The Hall–Kier alpha value is -6.56. The van der Waals surface area contributed by atoms with Gasteiger partial charge in [0.1, 0.15) is 6.61 Å². The minimum atomic E-state index is -0.823. The Kier molecular flexibility index (Phi) is 67.2. The zero-order chi connectivity index (χ0) is 61.9. The highest BCUT2D eigenvalue weighted by atomic mass is 16.6. The molecule has 0 radical (unpaired) electrons. The molecule has 0 bridgehead atoms. The zero-order valence-electron chi connectivity index (χ0n) is 53.9. The molecule has 5 nitrogen and oxygen atoms in total. The fraction of sp³-hybridized carbons (Fsp3) is 0.457. The van der Waals surface area contributed by atoms with Crippen LogP contribution in [0.15, 0.2) is 255 Å². The number of esters is 2. The maximum absolute atomic E-state index is 12.3. The third-order valence-corrected chi connectivity index (χ3v) is 12.8. The molecule has 0 rings (SSSR count). The first kappa shape index (κ1) is 79.4. The molecule has 1 atom stereocenters. The van der Waals surface area contributed by atoms with Crippen molar-refractivity contribution in [1.29, 1.82) is 0 Å². The molecule has 0 aliphatic carbocycles. The van der Waals surface area contributed by atoms with Crippen molar-refractivity contribution in [2.45, 2.75) is 225 Å². The number of carbonyl (C=O) groups excluding carboxylic acids is 2. The van der Waals surface area contributed by atoms with Gasteiger partial charge < -0.3 is 14.6 Å². The number of aliphatic hydroxyl groups is 1. The van der Waals surface area contributed by atoms with Crippen molar-refractivity contribution in [3.8, 4) is 0 Å². The van der Waals surface area contributed by atoms with Crippen molar-refractivity contribution < 1.29 is 24.2 Å². The van der Waals surface area contributed by atoms with Crippen molar-refractivity contribution in [3.63, 3.8) is 0 Å². The van der Waals surface area contributed by atoms with E-state index in [0.717, 1.165) is 193 Å². The van der Waals surface area contributed by atoms with Gasteiger partial charge in [-0.05, 0) is 173 Å². The van der Waals surface area contributed by atoms with Crippen LogP contribution < -0.4 is 0 Å². The van der Waals surface area contributed by atoms with Crippen LogP contribution >= 0.6 is 0 Å². The average molecular weight is 1170 g/mol. The maximum Gasteiger partial charge on any atom is 0.306 e. The van der Waals surface area contributed by atoms with E-state index < -0.39 is 6.10 Å². The van der Waals surface area contributed by atoms with E-state index >= 15 is 0 Å². The van der Waals surface area contributed by atoms with E-state index in [1.165, 1.54) is 0 Å². The number of ether oxygens (including phenoxy) is 2. The molecule has 472 valence electrons. The van der Waals surface area contributed by atoms with E-state index in [-0.39, 0.29) is 25.2 Å². The highest BCUT2D eigenvalue weighted by molar-refractivity contribution is 5.70. The lowest BCUT2D eigenvalue weighted by atomic mass is 10.1. The predicted octanol–water partition coefficient (Wildman–Crippen LogP) is 23.6. The Morgan fingerprint density at radius 2 is 0.465 bits per heavy atom. The van der Waals surface area contributed by atoms with Gasteiger partial charge in [-0.1, -0.05) is 288 Å². The number of hydrogen-bond donors (Lipinski definition) is 1. The Morgan fingerprint density at radius 1 is 0.267 bits per heavy atom. The summed E-state index contributed by atoms with van der Waals surface area (Å²) in [4.78, 5) is 24.6. The Bertz CT molecular complexity index is 2210. The molecule has 0 aromatic heterocycles. The van der Waals surface area contributed by atoms with Crippen molar-refractivity contribution in [3.05, 3.63) is 255 Å². The van der Waals surface area contributed by atoms with Crippen molar-refractivity contribution in [2.75, 3.05) is 13.2 Å². The fourth-order valence-electron chi connectivity index (χ4n) is 7.94. The van der Waals surface area contributed by atoms with Crippen LogP contribution in [0.3, 0.4) is 0 Å². The number of aliphatic hydroxyl groups excluding tert-OH is 1. The van der Waals surface area contributed by atoms with E-state index in [1.54, 1.807) is 0 Å². The van der Waals surface area contributed by atoms with Crippen LogP contribution in [0.5, 0.6) is 0 Å². The molecule has 0 amide bonds. The summed E-state index contributed by atoms with van der Waals surface area (Å²) in [7, 11) is 0. The molecule has 0 aliphatic rings. The Balaban J connectivity index is 3.74. The first-order chi connectivity index (χ1) is 42.6. The van der Waals surface area contributed by atoms with Gasteiger partial charge >= 0.3 is 11.9 Å². The first-order valence-corrected chi connectivity index (χ1v) is 33.2. The van der Waals surface area contributed by atoms with E-state index in [9.17, 15) is 14.7 Å². The van der Waals surface area contributed by atoms with E-state index in [1.807, 2.05) is 0 Å².